The summed E-state index contributed by atoms with van der Waals surface area (Å²) < 4.78 is 50.6. The zero-order valence-corrected chi connectivity index (χ0v) is 13.9. The second kappa shape index (κ2) is 6.09. The molecule has 132 valence electrons. The number of hydrogen-bond donors (Lipinski definition) is 0. The number of methoxy groups -OCH3 is 1. The first-order valence-corrected chi connectivity index (χ1v) is 8.10. The van der Waals surface area contributed by atoms with Crippen molar-refractivity contribution in [2.75, 3.05) is 7.11 Å². The second-order valence-corrected chi connectivity index (χ2v) is 6.08. The quantitative estimate of drug-likeness (QED) is 0.576. The van der Waals surface area contributed by atoms with Crippen molar-refractivity contribution < 1.29 is 22.6 Å². The van der Waals surface area contributed by atoms with E-state index in [-0.39, 0.29) is 5.75 Å². The highest BCUT2D eigenvalue weighted by Gasteiger charge is 2.40. The number of hydrogen-bond acceptors (Lipinski definition) is 2. The number of ether oxygens (including phenoxy) is 2. The van der Waals surface area contributed by atoms with Crippen molar-refractivity contribution in [1.82, 2.24) is 0 Å². The van der Waals surface area contributed by atoms with Gasteiger partial charge in [0.2, 0.25) is 5.76 Å². The van der Waals surface area contributed by atoms with E-state index in [1.54, 1.807) is 36.4 Å². The summed E-state index contributed by atoms with van der Waals surface area (Å²) in [5.74, 6) is -0.756. The monoisotopic (exact) mass is 356 g/mol. The van der Waals surface area contributed by atoms with Crippen LogP contribution in [0.5, 0.6) is 11.5 Å². The van der Waals surface area contributed by atoms with E-state index >= 15 is 0 Å². The zero-order chi connectivity index (χ0) is 18.3. The molecule has 1 aliphatic rings. The normalized spacial score (nSPS) is 16.6. The topological polar surface area (TPSA) is 18.5 Å². The fourth-order valence-electron chi connectivity index (χ4n) is 3.32. The van der Waals surface area contributed by atoms with Gasteiger partial charge >= 0.3 is 6.18 Å². The average Bonchev–Trinajstić information content (AvgIpc) is 2.66. The molecule has 1 heterocycles. The third kappa shape index (κ3) is 2.79. The zero-order valence-electron chi connectivity index (χ0n) is 13.9. The van der Waals surface area contributed by atoms with Crippen LogP contribution < -0.4 is 9.47 Å². The molecule has 5 heteroatoms. The lowest BCUT2D eigenvalue weighted by atomic mass is 9.85. The van der Waals surface area contributed by atoms with Crippen LogP contribution in [0.3, 0.4) is 0 Å². The van der Waals surface area contributed by atoms with E-state index in [2.05, 4.69) is 0 Å². The molecule has 2 nitrogen and oxygen atoms in total. The molecule has 1 atom stereocenters. The molecular formula is C21H15F3O2. The Bertz CT molecular complexity index is 1010. The number of fused-ring (bicyclic) bond motifs is 3. The number of rotatable bonds is 2. The van der Waals surface area contributed by atoms with Crippen LogP contribution in [0.2, 0.25) is 0 Å². The van der Waals surface area contributed by atoms with Crippen LogP contribution in [0.1, 0.15) is 17.0 Å². The van der Waals surface area contributed by atoms with Gasteiger partial charge in [0.15, 0.2) is 0 Å². The van der Waals surface area contributed by atoms with Gasteiger partial charge in [-0.15, -0.1) is 0 Å². The standard InChI is InChI=1S/C21H15F3O2/c1-25-15-7-4-6-14(11-15)17-12-19(21(22,23)24)26-18-10-9-13-5-2-3-8-16(13)20(17)18/h2-12,17H,1H3. The molecule has 0 aliphatic carbocycles. The molecule has 0 N–H and O–H groups in total. The maximum absolute atomic E-state index is 13.4. The summed E-state index contributed by atoms with van der Waals surface area (Å²) in [6.07, 6.45) is -3.41. The van der Waals surface area contributed by atoms with Gasteiger partial charge in [-0.3, -0.25) is 0 Å². The molecule has 26 heavy (non-hydrogen) atoms. The van der Waals surface area contributed by atoms with Gasteiger partial charge in [0.05, 0.1) is 7.11 Å². The van der Waals surface area contributed by atoms with E-state index in [1.807, 2.05) is 24.3 Å². The molecule has 3 aromatic rings. The second-order valence-electron chi connectivity index (χ2n) is 6.08. The maximum Gasteiger partial charge on any atom is 0.449 e. The van der Waals surface area contributed by atoms with Crippen LogP contribution in [0.25, 0.3) is 10.8 Å². The van der Waals surface area contributed by atoms with E-state index in [9.17, 15) is 13.2 Å². The van der Waals surface area contributed by atoms with Crippen molar-refractivity contribution in [3.8, 4) is 11.5 Å². The highest BCUT2D eigenvalue weighted by atomic mass is 19.4. The van der Waals surface area contributed by atoms with Gasteiger partial charge in [0.1, 0.15) is 11.5 Å². The van der Waals surface area contributed by atoms with Gasteiger partial charge in [-0.25, -0.2) is 0 Å². The van der Waals surface area contributed by atoms with E-state index in [1.165, 1.54) is 7.11 Å². The fraction of sp³-hybridized carbons (Fsp3) is 0.143. The largest absolute Gasteiger partial charge is 0.497 e. The van der Waals surface area contributed by atoms with Crippen molar-refractivity contribution >= 4 is 10.8 Å². The highest BCUT2D eigenvalue weighted by molar-refractivity contribution is 5.89. The van der Waals surface area contributed by atoms with Crippen LogP contribution in [0.15, 0.2) is 72.5 Å². The first kappa shape index (κ1) is 16.5. The SMILES string of the molecule is COc1cccc(C2C=C(C(F)(F)F)Oc3ccc4ccccc4c32)c1. The lowest BCUT2D eigenvalue weighted by Crippen LogP contribution is -2.22. The Kier molecular flexibility index (Phi) is 3.87. The highest BCUT2D eigenvalue weighted by Crippen LogP contribution is 2.46. The molecule has 4 rings (SSSR count). The summed E-state index contributed by atoms with van der Waals surface area (Å²) in [6, 6.07) is 18.1. The van der Waals surface area contributed by atoms with Crippen LogP contribution in [-0.4, -0.2) is 13.3 Å². The van der Waals surface area contributed by atoms with Crippen molar-refractivity contribution in [2.45, 2.75) is 12.1 Å². The third-order valence-electron chi connectivity index (χ3n) is 4.51. The molecule has 0 amide bonds. The Morgan fingerprint density at radius 2 is 1.77 bits per heavy atom. The predicted molar refractivity (Wildman–Crippen MR) is 93.6 cm³/mol. The summed E-state index contributed by atoms with van der Waals surface area (Å²) >= 11 is 0. The van der Waals surface area contributed by atoms with Crippen LogP contribution in [0, 0.1) is 0 Å². The van der Waals surface area contributed by atoms with E-state index < -0.39 is 17.9 Å². The summed E-state index contributed by atoms with van der Waals surface area (Å²) in [5, 5.41) is 1.82. The van der Waals surface area contributed by atoms with Crippen molar-refractivity contribution in [2.24, 2.45) is 0 Å². The lowest BCUT2D eigenvalue weighted by molar-refractivity contribution is -0.117. The van der Waals surface area contributed by atoms with E-state index in [0.29, 0.717) is 11.3 Å². The van der Waals surface area contributed by atoms with Gasteiger partial charge in [0, 0.05) is 11.5 Å². The van der Waals surface area contributed by atoms with Crippen LogP contribution in [0.4, 0.5) is 13.2 Å². The predicted octanol–water partition coefficient (Wildman–Crippen LogP) is 5.82. The Morgan fingerprint density at radius 1 is 0.962 bits per heavy atom. The molecule has 0 fully saturated rings. The van der Waals surface area contributed by atoms with E-state index in [4.69, 9.17) is 9.47 Å². The van der Waals surface area contributed by atoms with Crippen LogP contribution in [-0.2, 0) is 0 Å². The average molecular weight is 356 g/mol. The molecule has 1 aliphatic heterocycles. The molecule has 0 aromatic heterocycles. The maximum atomic E-state index is 13.4. The van der Waals surface area contributed by atoms with E-state index in [0.717, 1.165) is 22.4 Å². The minimum Gasteiger partial charge on any atom is -0.497 e. The Morgan fingerprint density at radius 3 is 2.54 bits per heavy atom. The Balaban J connectivity index is 1.98. The van der Waals surface area contributed by atoms with Crippen LogP contribution >= 0.6 is 0 Å². The van der Waals surface area contributed by atoms with Gasteiger partial charge in [-0.1, -0.05) is 42.5 Å². The number of alkyl halides is 3. The Labute approximate surface area is 148 Å². The summed E-state index contributed by atoms with van der Waals surface area (Å²) in [7, 11) is 1.53. The Hall–Kier alpha value is -2.95. The van der Waals surface area contributed by atoms with Gasteiger partial charge in [0.25, 0.3) is 0 Å². The van der Waals surface area contributed by atoms with Crippen molar-refractivity contribution in [3.63, 3.8) is 0 Å². The lowest BCUT2D eigenvalue weighted by Gasteiger charge is -2.27. The minimum atomic E-state index is -4.56. The van der Waals surface area contributed by atoms with Crippen molar-refractivity contribution in [1.29, 1.82) is 0 Å². The molecule has 0 bridgehead atoms. The molecule has 0 radical (unpaired) electrons. The number of allylic oxidation sites excluding steroid dienone is 2. The van der Waals surface area contributed by atoms with Gasteiger partial charge in [-0.2, -0.15) is 13.2 Å². The summed E-state index contributed by atoms with van der Waals surface area (Å²) in [5.41, 5.74) is 1.44. The molecule has 1 unspecified atom stereocenters. The molecule has 0 saturated carbocycles. The molecule has 3 aromatic carbocycles. The smallest absolute Gasteiger partial charge is 0.449 e. The third-order valence-corrected chi connectivity index (χ3v) is 4.51. The van der Waals surface area contributed by atoms with Gasteiger partial charge in [-0.05, 0) is 40.6 Å². The summed E-state index contributed by atoms with van der Waals surface area (Å²) in [6.45, 7) is 0. The minimum absolute atomic E-state index is 0.228. The first-order valence-electron chi connectivity index (χ1n) is 8.10. The first-order chi connectivity index (χ1) is 12.5. The molecule has 0 saturated heterocycles. The number of halogens is 3. The molecular weight excluding hydrogens is 341 g/mol. The summed E-state index contributed by atoms with van der Waals surface area (Å²) in [4.78, 5) is 0. The number of benzene rings is 3. The molecule has 0 spiro atoms. The van der Waals surface area contributed by atoms with Crippen molar-refractivity contribution in [3.05, 3.63) is 83.6 Å². The van der Waals surface area contributed by atoms with Gasteiger partial charge < -0.3 is 9.47 Å². The fourth-order valence-corrected chi connectivity index (χ4v) is 3.32.